The molecule has 92 valence electrons. The topological polar surface area (TPSA) is 46.5 Å². The van der Waals surface area contributed by atoms with Gasteiger partial charge >= 0.3 is 5.97 Å². The van der Waals surface area contributed by atoms with E-state index in [1.807, 2.05) is 42.5 Å². The van der Waals surface area contributed by atoms with Crippen LogP contribution >= 0.6 is 0 Å². The Kier molecular flexibility index (Phi) is 3.63. The van der Waals surface area contributed by atoms with Crippen molar-refractivity contribution in [3.8, 4) is 5.75 Å². The Balaban J connectivity index is 2.18. The minimum atomic E-state index is -0.920. The Morgan fingerprint density at radius 1 is 1.22 bits per heavy atom. The van der Waals surface area contributed by atoms with E-state index in [1.165, 1.54) is 0 Å². The highest BCUT2D eigenvalue weighted by molar-refractivity contribution is 5.88. The molecule has 0 atom stereocenters. The van der Waals surface area contributed by atoms with Crippen LogP contribution in [0.1, 0.15) is 6.92 Å². The minimum absolute atomic E-state index is 0.256. The van der Waals surface area contributed by atoms with Gasteiger partial charge in [0.25, 0.3) is 0 Å². The van der Waals surface area contributed by atoms with Gasteiger partial charge in [0.2, 0.25) is 0 Å². The van der Waals surface area contributed by atoms with Gasteiger partial charge in [-0.05, 0) is 24.5 Å². The lowest BCUT2D eigenvalue weighted by molar-refractivity contribution is -0.132. The highest BCUT2D eigenvalue weighted by Gasteiger charge is 2.01. The van der Waals surface area contributed by atoms with Crippen LogP contribution in [0.2, 0.25) is 0 Å². The van der Waals surface area contributed by atoms with Gasteiger partial charge in [0.05, 0.1) is 0 Å². The molecule has 0 amide bonds. The molecule has 2 rings (SSSR count). The molecule has 0 heterocycles. The third-order valence-electron chi connectivity index (χ3n) is 2.72. The van der Waals surface area contributed by atoms with Crippen LogP contribution in [-0.2, 0) is 4.79 Å². The van der Waals surface area contributed by atoms with E-state index in [9.17, 15) is 4.79 Å². The molecule has 0 aromatic heterocycles. The molecule has 0 unspecified atom stereocenters. The molecule has 0 spiro atoms. The summed E-state index contributed by atoms with van der Waals surface area (Å²) in [6.07, 6.45) is 1.56. The van der Waals surface area contributed by atoms with E-state index in [0.717, 1.165) is 16.5 Å². The molecular weight excluding hydrogens is 228 g/mol. The van der Waals surface area contributed by atoms with Crippen molar-refractivity contribution in [2.75, 3.05) is 6.61 Å². The van der Waals surface area contributed by atoms with E-state index in [4.69, 9.17) is 9.84 Å². The molecule has 0 radical (unpaired) electrons. The van der Waals surface area contributed by atoms with Crippen LogP contribution in [0, 0.1) is 0 Å². The lowest BCUT2D eigenvalue weighted by Crippen LogP contribution is -2.00. The summed E-state index contributed by atoms with van der Waals surface area (Å²) in [5.74, 6) is -0.154. The number of carboxylic acid groups (broad SMARTS) is 1. The predicted octanol–water partition coefficient (Wildman–Crippen LogP) is 3.25. The van der Waals surface area contributed by atoms with E-state index in [2.05, 4.69) is 0 Å². The zero-order chi connectivity index (χ0) is 13.0. The van der Waals surface area contributed by atoms with Crippen LogP contribution in [-0.4, -0.2) is 17.7 Å². The van der Waals surface area contributed by atoms with Crippen LogP contribution in [0.3, 0.4) is 0 Å². The number of rotatable bonds is 4. The van der Waals surface area contributed by atoms with Crippen molar-refractivity contribution in [1.29, 1.82) is 0 Å². The number of benzene rings is 2. The van der Waals surface area contributed by atoms with Gasteiger partial charge in [-0.3, -0.25) is 0 Å². The van der Waals surface area contributed by atoms with Gasteiger partial charge < -0.3 is 9.84 Å². The number of hydrogen-bond acceptors (Lipinski definition) is 2. The smallest absolute Gasteiger partial charge is 0.331 e. The van der Waals surface area contributed by atoms with E-state index in [0.29, 0.717) is 0 Å². The number of hydrogen-bond donors (Lipinski definition) is 1. The first-order valence-corrected chi connectivity index (χ1v) is 5.69. The van der Waals surface area contributed by atoms with Gasteiger partial charge in [0.15, 0.2) is 0 Å². The van der Waals surface area contributed by atoms with Gasteiger partial charge in [-0.15, -0.1) is 0 Å². The lowest BCUT2D eigenvalue weighted by atomic mass is 10.1. The standard InChI is InChI=1S/C15H14O3/c1-11(15(16)17)9-10-18-14-8-4-6-12-5-2-3-7-13(12)14/h2-9H,10H2,1H3,(H,16,17). The molecule has 2 aromatic carbocycles. The molecule has 1 N–H and O–H groups in total. The Hall–Kier alpha value is -2.29. The van der Waals surface area contributed by atoms with Crippen molar-refractivity contribution in [2.24, 2.45) is 0 Å². The summed E-state index contributed by atoms with van der Waals surface area (Å²) in [6.45, 7) is 1.81. The molecular formula is C15H14O3. The summed E-state index contributed by atoms with van der Waals surface area (Å²) < 4.78 is 5.60. The number of carbonyl (C=O) groups is 1. The number of carboxylic acids is 1. The fourth-order valence-electron chi connectivity index (χ4n) is 1.67. The lowest BCUT2D eigenvalue weighted by Gasteiger charge is -2.07. The quantitative estimate of drug-likeness (QED) is 0.837. The number of fused-ring (bicyclic) bond motifs is 1. The van der Waals surface area contributed by atoms with Gasteiger partial charge in [-0.1, -0.05) is 36.4 Å². The van der Waals surface area contributed by atoms with Crippen molar-refractivity contribution in [3.05, 3.63) is 54.1 Å². The first-order chi connectivity index (χ1) is 8.68. The third-order valence-corrected chi connectivity index (χ3v) is 2.72. The Morgan fingerprint density at radius 2 is 1.94 bits per heavy atom. The third kappa shape index (κ3) is 2.69. The van der Waals surface area contributed by atoms with Crippen molar-refractivity contribution < 1.29 is 14.6 Å². The highest BCUT2D eigenvalue weighted by Crippen LogP contribution is 2.25. The first kappa shape index (κ1) is 12.2. The Labute approximate surface area is 105 Å². The molecule has 3 heteroatoms. The summed E-state index contributed by atoms with van der Waals surface area (Å²) in [6, 6.07) is 13.7. The van der Waals surface area contributed by atoms with E-state index in [1.54, 1.807) is 13.0 Å². The largest absolute Gasteiger partial charge is 0.489 e. The van der Waals surface area contributed by atoms with Crippen LogP contribution in [0.25, 0.3) is 10.8 Å². The summed E-state index contributed by atoms with van der Waals surface area (Å²) in [5.41, 5.74) is 0.287. The van der Waals surface area contributed by atoms with Gasteiger partial charge in [0.1, 0.15) is 12.4 Å². The SMILES string of the molecule is CC(=CCOc1cccc2ccccc12)C(=O)O. The fraction of sp³-hybridized carbons (Fsp3) is 0.133. The van der Waals surface area contributed by atoms with Crippen LogP contribution < -0.4 is 4.74 Å². The van der Waals surface area contributed by atoms with Crippen molar-refractivity contribution in [3.63, 3.8) is 0 Å². The summed E-state index contributed by atoms with van der Waals surface area (Å²) in [4.78, 5) is 10.6. The van der Waals surface area contributed by atoms with Crippen LogP contribution in [0.15, 0.2) is 54.1 Å². The zero-order valence-electron chi connectivity index (χ0n) is 10.1. The normalized spacial score (nSPS) is 11.5. The Bertz CT molecular complexity index is 594. The average molecular weight is 242 g/mol. The molecule has 0 saturated carbocycles. The number of aliphatic carboxylic acids is 1. The molecule has 0 bridgehead atoms. The second-order valence-electron chi connectivity index (χ2n) is 3.98. The average Bonchev–Trinajstić information content (AvgIpc) is 2.38. The van der Waals surface area contributed by atoms with E-state index in [-0.39, 0.29) is 12.2 Å². The Morgan fingerprint density at radius 3 is 2.72 bits per heavy atom. The predicted molar refractivity (Wildman–Crippen MR) is 70.8 cm³/mol. The molecule has 18 heavy (non-hydrogen) atoms. The molecule has 0 aliphatic rings. The van der Waals surface area contributed by atoms with Gasteiger partial charge in [-0.25, -0.2) is 4.79 Å². The van der Waals surface area contributed by atoms with Gasteiger partial charge in [0, 0.05) is 11.0 Å². The molecule has 3 nitrogen and oxygen atoms in total. The summed E-state index contributed by atoms with van der Waals surface area (Å²) in [7, 11) is 0. The monoisotopic (exact) mass is 242 g/mol. The maximum Gasteiger partial charge on any atom is 0.331 e. The molecule has 0 aliphatic carbocycles. The van der Waals surface area contributed by atoms with Crippen molar-refractivity contribution >= 4 is 16.7 Å². The molecule has 2 aromatic rings. The molecule has 0 aliphatic heterocycles. The number of ether oxygens (including phenoxy) is 1. The minimum Gasteiger partial charge on any atom is -0.489 e. The summed E-state index contributed by atoms with van der Waals surface area (Å²) in [5, 5.41) is 10.9. The molecule has 0 fully saturated rings. The maximum atomic E-state index is 10.6. The van der Waals surface area contributed by atoms with E-state index >= 15 is 0 Å². The highest BCUT2D eigenvalue weighted by atomic mass is 16.5. The molecule has 0 saturated heterocycles. The van der Waals surface area contributed by atoms with Crippen molar-refractivity contribution in [1.82, 2.24) is 0 Å². The van der Waals surface area contributed by atoms with E-state index < -0.39 is 5.97 Å². The van der Waals surface area contributed by atoms with Gasteiger partial charge in [-0.2, -0.15) is 0 Å². The second-order valence-corrected chi connectivity index (χ2v) is 3.98. The van der Waals surface area contributed by atoms with Crippen molar-refractivity contribution in [2.45, 2.75) is 6.92 Å². The van der Waals surface area contributed by atoms with Crippen LogP contribution in [0.5, 0.6) is 5.75 Å². The zero-order valence-corrected chi connectivity index (χ0v) is 10.1. The van der Waals surface area contributed by atoms with Crippen LogP contribution in [0.4, 0.5) is 0 Å². The fourth-order valence-corrected chi connectivity index (χ4v) is 1.67. The maximum absolute atomic E-state index is 10.6. The first-order valence-electron chi connectivity index (χ1n) is 5.69. The summed E-state index contributed by atoms with van der Waals surface area (Å²) >= 11 is 0. The second kappa shape index (κ2) is 5.36.